The topological polar surface area (TPSA) is 118 Å². The molecule has 2 amide bonds. The molecule has 2 aromatic carbocycles. The number of carbonyl (C=O) groups excluding carboxylic acids is 2. The van der Waals surface area contributed by atoms with Crippen molar-refractivity contribution in [3.63, 3.8) is 0 Å². The molecule has 0 radical (unpaired) electrons. The maximum atomic E-state index is 12.5. The number of rotatable bonds is 10. The summed E-state index contributed by atoms with van der Waals surface area (Å²) in [6, 6.07) is 21.0. The first-order valence-electron chi connectivity index (χ1n) is 11.6. The molecule has 0 spiro atoms. The van der Waals surface area contributed by atoms with Gasteiger partial charge in [0.15, 0.2) is 0 Å². The monoisotopic (exact) mass is 473 g/mol. The molecule has 8 heteroatoms. The Morgan fingerprint density at radius 1 is 0.857 bits per heavy atom. The molecule has 4 rings (SSSR count). The minimum absolute atomic E-state index is 0.0475. The zero-order valence-electron chi connectivity index (χ0n) is 19.2. The van der Waals surface area contributed by atoms with E-state index in [1.165, 1.54) is 0 Å². The van der Waals surface area contributed by atoms with E-state index < -0.39 is 12.1 Å². The van der Waals surface area contributed by atoms with Crippen LogP contribution in [0.3, 0.4) is 0 Å². The van der Waals surface area contributed by atoms with Gasteiger partial charge in [0, 0.05) is 18.9 Å². The number of hydrogen-bond acceptors (Lipinski definition) is 5. The molecule has 180 valence electrons. The Morgan fingerprint density at radius 3 is 2.23 bits per heavy atom. The Morgan fingerprint density at radius 2 is 1.54 bits per heavy atom. The number of anilines is 1. The van der Waals surface area contributed by atoms with Gasteiger partial charge in [0.25, 0.3) is 5.91 Å². The lowest BCUT2D eigenvalue weighted by atomic mass is 9.98. The molecular formula is C27H27N3O5. The third-order valence-corrected chi connectivity index (χ3v) is 5.91. The molecule has 0 atom stereocenters. The Hall–Kier alpha value is -4.20. The van der Waals surface area contributed by atoms with Crippen LogP contribution in [-0.4, -0.2) is 41.2 Å². The van der Waals surface area contributed by atoms with Crippen LogP contribution >= 0.6 is 0 Å². The summed E-state index contributed by atoms with van der Waals surface area (Å²) in [6.07, 6.45) is 1.44. The standard InChI is InChI=1S/C27H27N3O5/c31-25(32)15-2-1-7-16-28-26(33)23-13-8-14-24(29-23)30-27(34)35-17-22-20-11-5-3-9-18(20)19-10-4-6-12-21(19)22/h3-6,8-14,22H,1-2,7,15-17H2,(H,28,33)(H,31,32)(H,29,30,34). The number of amides is 2. The summed E-state index contributed by atoms with van der Waals surface area (Å²) in [5, 5.41) is 14.0. The van der Waals surface area contributed by atoms with Crippen LogP contribution in [0.5, 0.6) is 0 Å². The van der Waals surface area contributed by atoms with E-state index in [0.29, 0.717) is 25.8 Å². The molecule has 35 heavy (non-hydrogen) atoms. The zero-order valence-corrected chi connectivity index (χ0v) is 19.2. The van der Waals surface area contributed by atoms with E-state index >= 15 is 0 Å². The van der Waals surface area contributed by atoms with Crippen molar-refractivity contribution < 1.29 is 24.2 Å². The average molecular weight is 474 g/mol. The van der Waals surface area contributed by atoms with Crippen molar-refractivity contribution in [1.29, 1.82) is 0 Å². The lowest BCUT2D eigenvalue weighted by molar-refractivity contribution is -0.137. The highest BCUT2D eigenvalue weighted by atomic mass is 16.5. The van der Waals surface area contributed by atoms with Gasteiger partial charge >= 0.3 is 12.1 Å². The largest absolute Gasteiger partial charge is 0.481 e. The minimum atomic E-state index is -0.820. The lowest BCUT2D eigenvalue weighted by Gasteiger charge is -2.14. The first-order chi connectivity index (χ1) is 17.0. The summed E-state index contributed by atoms with van der Waals surface area (Å²) in [5.74, 6) is -1.01. The van der Waals surface area contributed by atoms with Crippen LogP contribution in [0.4, 0.5) is 10.6 Å². The fourth-order valence-electron chi connectivity index (χ4n) is 4.24. The summed E-state index contributed by atoms with van der Waals surface area (Å²) < 4.78 is 5.53. The summed E-state index contributed by atoms with van der Waals surface area (Å²) in [4.78, 5) is 39.5. The predicted octanol–water partition coefficient (Wildman–Crippen LogP) is 4.82. The van der Waals surface area contributed by atoms with Crippen LogP contribution in [0.1, 0.15) is 53.2 Å². The number of carbonyl (C=O) groups is 3. The Labute approximate surface area is 203 Å². The number of nitrogens with one attached hydrogen (secondary N) is 2. The highest BCUT2D eigenvalue weighted by molar-refractivity contribution is 5.93. The fraction of sp³-hybridized carbons (Fsp3) is 0.259. The molecule has 0 unspecified atom stereocenters. The molecule has 1 heterocycles. The molecular weight excluding hydrogens is 446 g/mol. The predicted molar refractivity (Wildman–Crippen MR) is 131 cm³/mol. The van der Waals surface area contributed by atoms with E-state index in [0.717, 1.165) is 22.3 Å². The van der Waals surface area contributed by atoms with Gasteiger partial charge in [0.2, 0.25) is 0 Å². The second-order valence-electron chi connectivity index (χ2n) is 8.32. The van der Waals surface area contributed by atoms with Gasteiger partial charge in [-0.05, 0) is 47.2 Å². The molecule has 1 aromatic heterocycles. The Kier molecular flexibility index (Phi) is 7.72. The number of unbranched alkanes of at least 4 members (excludes halogenated alkanes) is 2. The van der Waals surface area contributed by atoms with Gasteiger partial charge < -0.3 is 15.2 Å². The molecule has 3 N–H and O–H groups in total. The molecule has 0 aliphatic heterocycles. The summed E-state index contributed by atoms with van der Waals surface area (Å²) in [7, 11) is 0. The van der Waals surface area contributed by atoms with Gasteiger partial charge in [-0.2, -0.15) is 0 Å². The minimum Gasteiger partial charge on any atom is -0.481 e. The second kappa shape index (κ2) is 11.3. The van der Waals surface area contributed by atoms with Crippen molar-refractivity contribution in [3.05, 3.63) is 83.6 Å². The number of carboxylic acid groups (broad SMARTS) is 1. The van der Waals surface area contributed by atoms with Gasteiger partial charge in [-0.3, -0.25) is 14.9 Å². The van der Waals surface area contributed by atoms with Crippen LogP contribution in [0, 0.1) is 0 Å². The number of aliphatic carboxylic acids is 1. The van der Waals surface area contributed by atoms with E-state index in [1.54, 1.807) is 18.2 Å². The molecule has 1 aliphatic rings. The van der Waals surface area contributed by atoms with Gasteiger partial charge in [0.1, 0.15) is 18.1 Å². The van der Waals surface area contributed by atoms with E-state index in [-0.39, 0.29) is 36.4 Å². The van der Waals surface area contributed by atoms with Crippen LogP contribution in [0.2, 0.25) is 0 Å². The van der Waals surface area contributed by atoms with Crippen LogP contribution < -0.4 is 10.6 Å². The number of ether oxygens (including phenoxy) is 1. The number of benzene rings is 2. The summed E-state index contributed by atoms with van der Waals surface area (Å²) >= 11 is 0. The number of nitrogens with zero attached hydrogens (tertiary/aromatic N) is 1. The van der Waals surface area contributed by atoms with E-state index in [2.05, 4.69) is 39.9 Å². The fourth-order valence-corrected chi connectivity index (χ4v) is 4.24. The molecule has 0 saturated heterocycles. The van der Waals surface area contributed by atoms with Gasteiger partial charge in [-0.1, -0.05) is 61.0 Å². The molecule has 0 saturated carbocycles. The maximum Gasteiger partial charge on any atom is 0.412 e. The molecule has 1 aliphatic carbocycles. The van der Waals surface area contributed by atoms with E-state index in [4.69, 9.17) is 9.84 Å². The average Bonchev–Trinajstić information content (AvgIpc) is 3.18. The van der Waals surface area contributed by atoms with Crippen molar-refractivity contribution in [1.82, 2.24) is 10.3 Å². The van der Waals surface area contributed by atoms with E-state index in [1.807, 2.05) is 24.3 Å². The van der Waals surface area contributed by atoms with Gasteiger partial charge in [-0.15, -0.1) is 0 Å². The van der Waals surface area contributed by atoms with Crippen molar-refractivity contribution in [3.8, 4) is 11.1 Å². The Balaban J connectivity index is 1.29. The third kappa shape index (κ3) is 6.03. The number of fused-ring (bicyclic) bond motifs is 3. The third-order valence-electron chi connectivity index (χ3n) is 5.91. The SMILES string of the molecule is O=C(O)CCCCCNC(=O)c1cccc(NC(=O)OCC2c3ccccc3-c3ccccc32)n1. The van der Waals surface area contributed by atoms with Gasteiger partial charge in [-0.25, -0.2) is 9.78 Å². The lowest BCUT2D eigenvalue weighted by Crippen LogP contribution is -2.26. The number of hydrogen-bond donors (Lipinski definition) is 3. The molecule has 8 nitrogen and oxygen atoms in total. The first kappa shape index (κ1) is 23.9. The van der Waals surface area contributed by atoms with Crippen molar-refractivity contribution >= 4 is 23.8 Å². The zero-order chi connectivity index (χ0) is 24.6. The van der Waals surface area contributed by atoms with Gasteiger partial charge in [0.05, 0.1) is 0 Å². The van der Waals surface area contributed by atoms with Crippen LogP contribution in [-0.2, 0) is 9.53 Å². The number of pyridine rings is 1. The van der Waals surface area contributed by atoms with Crippen LogP contribution in [0.15, 0.2) is 66.7 Å². The normalized spacial score (nSPS) is 11.9. The van der Waals surface area contributed by atoms with Crippen molar-refractivity contribution in [2.24, 2.45) is 0 Å². The summed E-state index contributed by atoms with van der Waals surface area (Å²) in [5.41, 5.74) is 4.73. The number of aromatic nitrogens is 1. The Bertz CT molecular complexity index is 1180. The first-order valence-corrected chi connectivity index (χ1v) is 11.6. The quantitative estimate of drug-likeness (QED) is 0.364. The number of carboxylic acids is 1. The second-order valence-corrected chi connectivity index (χ2v) is 8.32. The highest BCUT2D eigenvalue weighted by Gasteiger charge is 2.29. The highest BCUT2D eigenvalue weighted by Crippen LogP contribution is 2.44. The van der Waals surface area contributed by atoms with Crippen molar-refractivity contribution in [2.75, 3.05) is 18.5 Å². The molecule has 3 aromatic rings. The van der Waals surface area contributed by atoms with Crippen LogP contribution in [0.25, 0.3) is 11.1 Å². The smallest absolute Gasteiger partial charge is 0.412 e. The maximum absolute atomic E-state index is 12.5. The molecule has 0 bridgehead atoms. The molecule has 0 fully saturated rings. The summed E-state index contributed by atoms with van der Waals surface area (Å²) in [6.45, 7) is 0.603. The van der Waals surface area contributed by atoms with Crippen molar-refractivity contribution in [2.45, 2.75) is 31.6 Å². The van der Waals surface area contributed by atoms with E-state index in [9.17, 15) is 14.4 Å².